The van der Waals surface area contributed by atoms with E-state index in [0.29, 0.717) is 31.5 Å². The van der Waals surface area contributed by atoms with E-state index in [-0.39, 0.29) is 36.5 Å². The highest BCUT2D eigenvalue weighted by Crippen LogP contribution is 2.38. The van der Waals surface area contributed by atoms with Crippen molar-refractivity contribution >= 4 is 17.9 Å². The van der Waals surface area contributed by atoms with Crippen LogP contribution in [0.2, 0.25) is 0 Å². The van der Waals surface area contributed by atoms with E-state index >= 15 is 0 Å². The molecule has 0 spiro atoms. The van der Waals surface area contributed by atoms with Crippen LogP contribution in [0.3, 0.4) is 0 Å². The van der Waals surface area contributed by atoms with Crippen molar-refractivity contribution in [3.8, 4) is 12.1 Å². The third-order valence-corrected chi connectivity index (χ3v) is 7.34. The molecule has 3 unspecified atom stereocenters. The number of carbonyl (C=O) groups excluding carboxylic acids is 3. The van der Waals surface area contributed by atoms with Crippen LogP contribution in [-0.2, 0) is 14.3 Å². The zero-order valence-corrected chi connectivity index (χ0v) is 21.8. The topological polar surface area (TPSA) is 130 Å². The standard InChI is InChI=1S/C27H34N6O4/c1-17(19-9-7-18(13-28)8-10-19)33-21-12-23(25(33)35)31(15-21)16-22(30-26(36)37-27(2,3)4)24(34)32-11-5-6-20(32)14-29/h7-10,17,20-23H,5-6,11-12,15-16H2,1-4H3,(H,30,36)/t17-,20?,21-,22?,23?/m0/s1. The van der Waals surface area contributed by atoms with Gasteiger partial charge >= 0.3 is 6.09 Å². The number of benzene rings is 1. The zero-order valence-electron chi connectivity index (χ0n) is 21.8. The maximum absolute atomic E-state index is 13.5. The summed E-state index contributed by atoms with van der Waals surface area (Å²) in [5.41, 5.74) is 0.801. The molecule has 10 nitrogen and oxygen atoms in total. The van der Waals surface area contributed by atoms with Crippen molar-refractivity contribution in [1.29, 1.82) is 10.5 Å². The number of alkyl carbamates (subject to hydrolysis) is 1. The quantitative estimate of drug-likeness (QED) is 0.627. The Morgan fingerprint density at radius 3 is 2.51 bits per heavy atom. The smallest absolute Gasteiger partial charge is 0.408 e. The van der Waals surface area contributed by atoms with Gasteiger partial charge in [-0.05, 0) is 64.7 Å². The molecule has 0 aliphatic carbocycles. The van der Waals surface area contributed by atoms with Gasteiger partial charge in [0.2, 0.25) is 11.8 Å². The van der Waals surface area contributed by atoms with E-state index in [2.05, 4.69) is 17.5 Å². The van der Waals surface area contributed by atoms with Crippen molar-refractivity contribution in [1.82, 2.24) is 20.0 Å². The van der Waals surface area contributed by atoms with Gasteiger partial charge in [-0.15, -0.1) is 0 Å². The lowest BCUT2D eigenvalue weighted by molar-refractivity contribution is -0.141. The number of amides is 3. The monoisotopic (exact) mass is 506 g/mol. The van der Waals surface area contributed by atoms with Gasteiger partial charge in [0.1, 0.15) is 17.7 Å². The van der Waals surface area contributed by atoms with Gasteiger partial charge in [0.05, 0.1) is 29.8 Å². The highest BCUT2D eigenvalue weighted by molar-refractivity contribution is 5.88. The average molecular weight is 507 g/mol. The summed E-state index contributed by atoms with van der Waals surface area (Å²) in [7, 11) is 0. The Morgan fingerprint density at radius 2 is 1.92 bits per heavy atom. The molecule has 1 N–H and O–H groups in total. The minimum atomic E-state index is -0.930. The Labute approximate surface area is 217 Å². The number of fused-ring (bicyclic) bond motifs is 2. The predicted octanol–water partition coefficient (Wildman–Crippen LogP) is 2.31. The van der Waals surface area contributed by atoms with Gasteiger partial charge in [0, 0.05) is 25.7 Å². The van der Waals surface area contributed by atoms with Crippen LogP contribution in [0, 0.1) is 22.7 Å². The van der Waals surface area contributed by atoms with Gasteiger partial charge in [-0.3, -0.25) is 14.5 Å². The number of ether oxygens (including phenoxy) is 1. The summed E-state index contributed by atoms with van der Waals surface area (Å²) in [6.07, 6.45) is 1.29. The molecule has 0 aromatic heterocycles. The highest BCUT2D eigenvalue weighted by atomic mass is 16.6. The largest absolute Gasteiger partial charge is 0.444 e. The molecule has 0 radical (unpaired) electrons. The number of nitrogens with one attached hydrogen (secondary N) is 1. The van der Waals surface area contributed by atoms with Gasteiger partial charge in [-0.2, -0.15) is 10.5 Å². The molecule has 10 heteroatoms. The summed E-state index contributed by atoms with van der Waals surface area (Å²) in [4.78, 5) is 44.9. The minimum absolute atomic E-state index is 0.00680. The molecular weight excluding hydrogens is 472 g/mol. The number of hydrogen-bond acceptors (Lipinski definition) is 7. The Hall–Kier alpha value is -3.63. The van der Waals surface area contributed by atoms with Crippen LogP contribution in [-0.4, -0.2) is 82.0 Å². The van der Waals surface area contributed by atoms with E-state index < -0.39 is 23.8 Å². The van der Waals surface area contributed by atoms with Crippen molar-refractivity contribution in [2.45, 2.75) is 82.8 Å². The third-order valence-electron chi connectivity index (χ3n) is 7.34. The number of nitrogens with zero attached hydrogens (tertiary/aromatic N) is 5. The number of carbonyl (C=O) groups is 3. The average Bonchev–Trinajstić information content (AvgIpc) is 3.56. The van der Waals surface area contributed by atoms with Crippen molar-refractivity contribution < 1.29 is 19.1 Å². The Morgan fingerprint density at radius 1 is 1.22 bits per heavy atom. The summed E-state index contributed by atoms with van der Waals surface area (Å²) < 4.78 is 5.40. The van der Waals surface area contributed by atoms with Crippen LogP contribution >= 0.6 is 0 Å². The van der Waals surface area contributed by atoms with Crippen molar-refractivity contribution in [2.24, 2.45) is 0 Å². The molecule has 196 valence electrons. The summed E-state index contributed by atoms with van der Waals surface area (Å²) in [5.74, 6) is -0.333. The highest BCUT2D eigenvalue weighted by Gasteiger charge is 2.52. The first-order valence-corrected chi connectivity index (χ1v) is 12.8. The lowest BCUT2D eigenvalue weighted by Crippen LogP contribution is -2.59. The molecule has 3 saturated heterocycles. The maximum atomic E-state index is 13.5. The molecule has 37 heavy (non-hydrogen) atoms. The number of likely N-dealkylation sites (tertiary alicyclic amines) is 3. The van der Waals surface area contributed by atoms with Crippen molar-refractivity contribution in [3.05, 3.63) is 35.4 Å². The number of piperazine rings is 1. The fourth-order valence-electron chi connectivity index (χ4n) is 5.63. The van der Waals surface area contributed by atoms with Crippen molar-refractivity contribution in [2.75, 3.05) is 19.6 Å². The van der Waals surface area contributed by atoms with Crippen LogP contribution in [0.15, 0.2) is 24.3 Å². The van der Waals surface area contributed by atoms with E-state index in [9.17, 15) is 19.6 Å². The summed E-state index contributed by atoms with van der Waals surface area (Å²) in [6, 6.07) is 9.56. The lowest BCUT2D eigenvalue weighted by atomic mass is 10.0. The van der Waals surface area contributed by atoms with E-state index in [1.807, 2.05) is 28.9 Å². The third kappa shape index (κ3) is 5.55. The fourth-order valence-corrected chi connectivity index (χ4v) is 5.63. The Kier molecular flexibility index (Phi) is 7.42. The second-order valence-corrected chi connectivity index (χ2v) is 11.0. The molecule has 4 rings (SSSR count). The fraction of sp³-hybridized carbons (Fsp3) is 0.593. The molecule has 3 fully saturated rings. The van der Waals surface area contributed by atoms with Gasteiger partial charge < -0.3 is 19.9 Å². The first kappa shape index (κ1) is 26.4. The molecule has 1 aromatic rings. The maximum Gasteiger partial charge on any atom is 0.408 e. The Balaban J connectivity index is 1.47. The normalized spacial score (nSPS) is 24.9. The van der Waals surface area contributed by atoms with Crippen LogP contribution in [0.25, 0.3) is 0 Å². The summed E-state index contributed by atoms with van der Waals surface area (Å²) in [6.45, 7) is 8.43. The summed E-state index contributed by atoms with van der Waals surface area (Å²) >= 11 is 0. The molecule has 5 atom stereocenters. The van der Waals surface area contributed by atoms with Gasteiger partial charge in [-0.25, -0.2) is 4.79 Å². The van der Waals surface area contributed by atoms with Gasteiger partial charge in [0.25, 0.3) is 0 Å². The van der Waals surface area contributed by atoms with Crippen LogP contribution in [0.4, 0.5) is 4.79 Å². The van der Waals surface area contributed by atoms with E-state index in [4.69, 9.17) is 10.00 Å². The molecule has 3 heterocycles. The first-order chi connectivity index (χ1) is 17.5. The molecule has 3 aliphatic heterocycles. The van der Waals surface area contributed by atoms with Gasteiger partial charge in [0.15, 0.2) is 0 Å². The molecular formula is C27H34N6O4. The van der Waals surface area contributed by atoms with Crippen LogP contribution < -0.4 is 5.32 Å². The van der Waals surface area contributed by atoms with Crippen molar-refractivity contribution in [3.63, 3.8) is 0 Å². The second-order valence-electron chi connectivity index (χ2n) is 11.0. The number of hydrogen-bond donors (Lipinski definition) is 1. The van der Waals surface area contributed by atoms with Crippen LogP contribution in [0.1, 0.15) is 64.1 Å². The number of rotatable bonds is 6. The molecule has 3 amide bonds. The SMILES string of the molecule is C[C@@H](c1ccc(C#N)cc1)N1C(=O)C2C[C@H]1CN2CC(NC(=O)OC(C)(C)C)C(=O)N1CCCC1C#N. The zero-order chi connectivity index (χ0) is 26.9. The van der Waals surface area contributed by atoms with E-state index in [1.165, 1.54) is 4.90 Å². The lowest BCUT2D eigenvalue weighted by Gasteiger charge is -2.39. The van der Waals surface area contributed by atoms with Crippen LogP contribution in [0.5, 0.6) is 0 Å². The second kappa shape index (κ2) is 10.4. The molecule has 0 saturated carbocycles. The number of nitriles is 2. The molecule has 2 bridgehead atoms. The van der Waals surface area contributed by atoms with Gasteiger partial charge in [-0.1, -0.05) is 12.1 Å². The first-order valence-electron chi connectivity index (χ1n) is 12.8. The Bertz CT molecular complexity index is 1130. The molecule has 1 aromatic carbocycles. The van der Waals surface area contributed by atoms with E-state index in [0.717, 1.165) is 12.0 Å². The van der Waals surface area contributed by atoms with E-state index in [1.54, 1.807) is 32.9 Å². The minimum Gasteiger partial charge on any atom is -0.444 e. The predicted molar refractivity (Wildman–Crippen MR) is 134 cm³/mol. The molecule has 3 aliphatic rings. The summed E-state index contributed by atoms with van der Waals surface area (Å²) in [5, 5.41) is 21.2.